The number of benzene rings is 2. The Hall–Kier alpha value is -4.57. The molecule has 0 saturated carbocycles. The first-order valence-corrected chi connectivity index (χ1v) is 15.2. The number of nitrogens with one attached hydrogen (secondary N) is 2. The molecule has 3 heterocycles. The van der Waals surface area contributed by atoms with Gasteiger partial charge in [-0.15, -0.1) is 0 Å². The molecule has 1 amide bonds. The minimum absolute atomic E-state index is 0.0202. The predicted octanol–water partition coefficient (Wildman–Crippen LogP) is 3.66. The summed E-state index contributed by atoms with van der Waals surface area (Å²) in [6.45, 7) is 5.00. The van der Waals surface area contributed by atoms with Gasteiger partial charge in [0.25, 0.3) is 5.91 Å². The maximum atomic E-state index is 14.1. The van der Waals surface area contributed by atoms with Crippen LogP contribution in [0, 0.1) is 12.7 Å². The highest BCUT2D eigenvalue weighted by atomic mass is 32.2. The van der Waals surface area contributed by atoms with Crippen molar-refractivity contribution in [1.82, 2.24) is 19.4 Å². The van der Waals surface area contributed by atoms with Crippen molar-refractivity contribution in [2.75, 3.05) is 44.7 Å². The second-order valence-electron chi connectivity index (χ2n) is 9.88. The van der Waals surface area contributed by atoms with Crippen LogP contribution in [0.1, 0.15) is 33.0 Å². The van der Waals surface area contributed by atoms with Crippen LogP contribution in [0.2, 0.25) is 0 Å². The molecule has 13 nitrogen and oxygen atoms in total. The van der Waals surface area contributed by atoms with Crippen LogP contribution in [0.5, 0.6) is 11.6 Å². The molecule has 0 bridgehead atoms. The Morgan fingerprint density at radius 3 is 2.61 bits per heavy atom. The van der Waals surface area contributed by atoms with Gasteiger partial charge in [-0.2, -0.15) is 9.78 Å². The fourth-order valence-electron chi connectivity index (χ4n) is 4.58. The number of rotatable bonds is 12. The molecule has 1 aliphatic heterocycles. The summed E-state index contributed by atoms with van der Waals surface area (Å²) in [5.41, 5.74) is 0.00798. The number of hydrogen-bond acceptors (Lipinski definition) is 9. The standard InChI is InChI=1S/C29H30FN5O8S/c1-19-26(29(37)38)33-35(22-6-2-5-20(30)17-22)28(19)43-23-9-8-21(32-27(36)24-7-3-14-42-24)18-25(23)44(39,40)31-10-4-11-34-12-15-41-16-13-34/h2-3,5-9,14,17-18,31H,4,10-13,15-16H2,1H3,(H,32,36)(H,37,38). The summed E-state index contributed by atoms with van der Waals surface area (Å²) >= 11 is 0. The van der Waals surface area contributed by atoms with Gasteiger partial charge < -0.3 is 24.3 Å². The summed E-state index contributed by atoms with van der Waals surface area (Å²) in [6.07, 6.45) is 1.86. The second kappa shape index (κ2) is 13.4. The minimum Gasteiger partial charge on any atom is -0.476 e. The first-order valence-electron chi connectivity index (χ1n) is 13.7. The number of morpholine rings is 1. The SMILES string of the molecule is Cc1c(C(=O)O)nn(-c2cccc(F)c2)c1Oc1ccc(NC(=O)c2ccco2)cc1S(=O)(=O)NCCCN1CCOCC1. The smallest absolute Gasteiger partial charge is 0.356 e. The van der Waals surface area contributed by atoms with E-state index in [2.05, 4.69) is 20.0 Å². The summed E-state index contributed by atoms with van der Waals surface area (Å²) in [4.78, 5) is 26.3. The molecular weight excluding hydrogens is 597 g/mol. The Balaban J connectivity index is 1.48. The molecule has 2 aromatic heterocycles. The number of halogens is 1. The van der Waals surface area contributed by atoms with Gasteiger partial charge in [0.15, 0.2) is 11.5 Å². The minimum atomic E-state index is -4.23. The topological polar surface area (TPSA) is 165 Å². The van der Waals surface area contributed by atoms with Gasteiger partial charge in [-0.05, 0) is 68.4 Å². The van der Waals surface area contributed by atoms with E-state index in [4.69, 9.17) is 13.9 Å². The lowest BCUT2D eigenvalue weighted by Crippen LogP contribution is -2.38. The number of ether oxygens (including phenoxy) is 2. The number of hydrogen-bond donors (Lipinski definition) is 3. The Bertz CT molecular complexity index is 1750. The lowest BCUT2D eigenvalue weighted by Gasteiger charge is -2.26. The predicted molar refractivity (Wildman–Crippen MR) is 155 cm³/mol. The summed E-state index contributed by atoms with van der Waals surface area (Å²) < 4.78 is 61.5. The van der Waals surface area contributed by atoms with Crippen molar-refractivity contribution in [2.45, 2.75) is 18.2 Å². The van der Waals surface area contributed by atoms with Crippen LogP contribution in [0.3, 0.4) is 0 Å². The van der Waals surface area contributed by atoms with Crippen LogP contribution in [-0.4, -0.2) is 79.5 Å². The zero-order valence-corrected chi connectivity index (χ0v) is 24.5. The number of carboxylic acid groups (broad SMARTS) is 1. The molecule has 5 rings (SSSR count). The molecular formula is C29H30FN5O8S. The highest BCUT2D eigenvalue weighted by Gasteiger charge is 2.27. The van der Waals surface area contributed by atoms with E-state index in [9.17, 15) is 27.5 Å². The molecule has 3 N–H and O–H groups in total. The van der Waals surface area contributed by atoms with E-state index >= 15 is 0 Å². The summed E-state index contributed by atoms with van der Waals surface area (Å²) in [6, 6.07) is 12.2. The van der Waals surface area contributed by atoms with Crippen molar-refractivity contribution in [3.8, 4) is 17.3 Å². The highest BCUT2D eigenvalue weighted by molar-refractivity contribution is 7.89. The van der Waals surface area contributed by atoms with Gasteiger partial charge in [-0.25, -0.2) is 22.3 Å². The number of carbonyl (C=O) groups is 2. The lowest BCUT2D eigenvalue weighted by atomic mass is 10.2. The Morgan fingerprint density at radius 1 is 1.11 bits per heavy atom. The Morgan fingerprint density at radius 2 is 1.91 bits per heavy atom. The van der Waals surface area contributed by atoms with Crippen LogP contribution in [-0.2, 0) is 14.8 Å². The quantitative estimate of drug-likeness (QED) is 0.197. The van der Waals surface area contributed by atoms with E-state index in [-0.39, 0.29) is 51.5 Å². The van der Waals surface area contributed by atoms with E-state index in [0.717, 1.165) is 23.8 Å². The van der Waals surface area contributed by atoms with Crippen molar-refractivity contribution in [2.24, 2.45) is 0 Å². The third-order valence-corrected chi connectivity index (χ3v) is 8.30. The van der Waals surface area contributed by atoms with Crippen molar-refractivity contribution in [1.29, 1.82) is 0 Å². The van der Waals surface area contributed by atoms with Crippen molar-refractivity contribution in [3.63, 3.8) is 0 Å². The van der Waals surface area contributed by atoms with Crippen molar-refractivity contribution < 1.29 is 41.4 Å². The zero-order chi connectivity index (χ0) is 31.3. The third-order valence-electron chi connectivity index (χ3n) is 6.81. The number of carbonyl (C=O) groups excluding carboxylic acids is 1. The molecule has 4 aromatic rings. The summed E-state index contributed by atoms with van der Waals surface area (Å²) in [5.74, 6) is -2.85. The zero-order valence-electron chi connectivity index (χ0n) is 23.7. The normalized spacial score (nSPS) is 14.0. The average molecular weight is 628 g/mol. The van der Waals surface area contributed by atoms with Crippen molar-refractivity contribution in [3.05, 3.63) is 83.7 Å². The van der Waals surface area contributed by atoms with Crippen molar-refractivity contribution >= 4 is 27.6 Å². The maximum Gasteiger partial charge on any atom is 0.356 e. The van der Waals surface area contributed by atoms with E-state index in [1.54, 1.807) is 0 Å². The summed E-state index contributed by atoms with van der Waals surface area (Å²) in [7, 11) is -4.23. The molecule has 0 spiro atoms. The van der Waals surface area contributed by atoms with Gasteiger partial charge in [0.1, 0.15) is 16.5 Å². The molecule has 44 heavy (non-hydrogen) atoms. The van der Waals surface area contributed by atoms with Crippen LogP contribution in [0.15, 0.2) is 70.2 Å². The molecule has 232 valence electrons. The molecule has 0 radical (unpaired) electrons. The molecule has 2 aromatic carbocycles. The number of aromatic nitrogens is 2. The summed E-state index contributed by atoms with van der Waals surface area (Å²) in [5, 5.41) is 16.4. The van der Waals surface area contributed by atoms with Crippen LogP contribution in [0.25, 0.3) is 5.69 Å². The van der Waals surface area contributed by atoms with E-state index in [0.29, 0.717) is 26.2 Å². The molecule has 1 saturated heterocycles. The van der Waals surface area contributed by atoms with Gasteiger partial charge in [-0.3, -0.25) is 9.69 Å². The Kier molecular flexibility index (Phi) is 9.39. The molecule has 15 heteroatoms. The molecule has 0 aliphatic carbocycles. The van der Waals surface area contributed by atoms with E-state index in [1.165, 1.54) is 61.7 Å². The van der Waals surface area contributed by atoms with Gasteiger partial charge in [0.2, 0.25) is 15.9 Å². The van der Waals surface area contributed by atoms with Crippen LogP contribution >= 0.6 is 0 Å². The largest absolute Gasteiger partial charge is 0.476 e. The highest BCUT2D eigenvalue weighted by Crippen LogP contribution is 2.35. The molecule has 1 fully saturated rings. The Labute approximate surface area is 252 Å². The number of sulfonamides is 1. The first-order chi connectivity index (χ1) is 21.1. The number of nitrogens with zero attached hydrogens (tertiary/aromatic N) is 3. The second-order valence-corrected chi connectivity index (χ2v) is 11.6. The van der Waals surface area contributed by atoms with Crippen LogP contribution in [0.4, 0.5) is 10.1 Å². The van der Waals surface area contributed by atoms with Crippen LogP contribution < -0.4 is 14.8 Å². The van der Waals surface area contributed by atoms with Gasteiger partial charge in [0, 0.05) is 30.9 Å². The number of carboxylic acids is 1. The van der Waals surface area contributed by atoms with Gasteiger partial charge >= 0.3 is 5.97 Å². The number of anilines is 1. The van der Waals surface area contributed by atoms with Gasteiger partial charge in [-0.1, -0.05) is 6.07 Å². The number of aromatic carboxylic acids is 1. The number of amides is 1. The first kappa shape index (κ1) is 30.9. The molecule has 0 atom stereocenters. The number of furan rings is 1. The van der Waals surface area contributed by atoms with E-state index in [1.807, 2.05) is 0 Å². The monoisotopic (exact) mass is 627 g/mol. The maximum absolute atomic E-state index is 14.1. The average Bonchev–Trinajstić information content (AvgIpc) is 3.66. The van der Waals surface area contributed by atoms with Gasteiger partial charge in [0.05, 0.1) is 25.2 Å². The third kappa shape index (κ3) is 7.14. The molecule has 0 unspecified atom stereocenters. The van der Waals surface area contributed by atoms with E-state index < -0.39 is 27.7 Å². The lowest BCUT2D eigenvalue weighted by molar-refractivity contribution is 0.0376. The molecule has 1 aliphatic rings. The fraction of sp³-hybridized carbons (Fsp3) is 0.276. The fourth-order valence-corrected chi connectivity index (χ4v) is 5.81.